The zero-order valence-electron chi connectivity index (χ0n) is 18.7. The van der Waals surface area contributed by atoms with E-state index in [2.05, 4.69) is 15.5 Å². The van der Waals surface area contributed by atoms with Crippen LogP contribution in [0.4, 0.5) is 0 Å². The Hall–Kier alpha value is -3.20. The lowest BCUT2D eigenvalue weighted by Crippen LogP contribution is -2.28. The van der Waals surface area contributed by atoms with Crippen LogP contribution in [0.5, 0.6) is 17.2 Å². The van der Waals surface area contributed by atoms with E-state index >= 15 is 0 Å². The number of methoxy groups -OCH3 is 2. The minimum Gasteiger partial charge on any atom is -0.497 e. The highest BCUT2D eigenvalue weighted by Gasteiger charge is 2.19. The van der Waals surface area contributed by atoms with Gasteiger partial charge in [0.2, 0.25) is 0 Å². The molecule has 0 aliphatic rings. The standard InChI is InChI=1S/C23H28N4O4S/c1-5-27-21(16(2)24-22(28)17-10-12-18(29-3)13-11-17)25-26-23(27)32-15-14-31-20-9-7-6-8-19(20)30-4/h6-13,16H,5,14-15H2,1-4H3,(H,24,28). The van der Waals surface area contributed by atoms with Gasteiger partial charge in [-0.05, 0) is 50.2 Å². The van der Waals surface area contributed by atoms with Gasteiger partial charge in [-0.15, -0.1) is 10.2 Å². The van der Waals surface area contributed by atoms with E-state index in [1.165, 1.54) is 0 Å². The van der Waals surface area contributed by atoms with E-state index in [9.17, 15) is 4.79 Å². The fourth-order valence-electron chi connectivity index (χ4n) is 3.13. The average molecular weight is 457 g/mol. The molecule has 0 aliphatic heterocycles. The van der Waals surface area contributed by atoms with Gasteiger partial charge >= 0.3 is 0 Å². The number of carbonyl (C=O) groups excluding carboxylic acids is 1. The normalized spacial score (nSPS) is 11.6. The predicted octanol–water partition coefficient (Wildman–Crippen LogP) is 3.98. The Balaban J connectivity index is 1.57. The molecule has 3 aromatic rings. The van der Waals surface area contributed by atoms with Crippen LogP contribution in [0.2, 0.25) is 0 Å². The molecular formula is C23H28N4O4S. The number of nitrogens with one attached hydrogen (secondary N) is 1. The number of benzene rings is 2. The van der Waals surface area contributed by atoms with Crippen LogP contribution < -0.4 is 19.5 Å². The largest absolute Gasteiger partial charge is 0.497 e. The van der Waals surface area contributed by atoms with Crippen LogP contribution >= 0.6 is 11.8 Å². The van der Waals surface area contributed by atoms with Gasteiger partial charge in [0.15, 0.2) is 22.5 Å². The van der Waals surface area contributed by atoms with Crippen molar-refractivity contribution in [1.82, 2.24) is 20.1 Å². The van der Waals surface area contributed by atoms with E-state index < -0.39 is 0 Å². The Morgan fingerprint density at radius 2 is 1.78 bits per heavy atom. The highest BCUT2D eigenvalue weighted by molar-refractivity contribution is 7.99. The molecule has 0 saturated carbocycles. The van der Waals surface area contributed by atoms with Gasteiger partial charge in [-0.2, -0.15) is 0 Å². The van der Waals surface area contributed by atoms with Gasteiger partial charge in [-0.1, -0.05) is 23.9 Å². The second kappa shape index (κ2) is 11.4. The third-order valence-corrected chi connectivity index (χ3v) is 5.72. The molecule has 1 atom stereocenters. The zero-order chi connectivity index (χ0) is 22.9. The number of amides is 1. The fourth-order valence-corrected chi connectivity index (χ4v) is 3.96. The summed E-state index contributed by atoms with van der Waals surface area (Å²) < 4.78 is 18.3. The quantitative estimate of drug-likeness (QED) is 0.345. The maximum absolute atomic E-state index is 12.6. The van der Waals surface area contributed by atoms with E-state index in [0.29, 0.717) is 47.5 Å². The van der Waals surface area contributed by atoms with E-state index in [0.717, 1.165) is 5.16 Å². The minimum atomic E-state index is -0.295. The van der Waals surface area contributed by atoms with Gasteiger partial charge in [0.25, 0.3) is 5.91 Å². The van der Waals surface area contributed by atoms with Crippen molar-refractivity contribution < 1.29 is 19.0 Å². The lowest BCUT2D eigenvalue weighted by molar-refractivity contribution is 0.0937. The Morgan fingerprint density at radius 1 is 1.06 bits per heavy atom. The topological polar surface area (TPSA) is 87.5 Å². The third-order valence-electron chi connectivity index (χ3n) is 4.79. The van der Waals surface area contributed by atoms with Crippen molar-refractivity contribution in [1.29, 1.82) is 0 Å². The molecule has 0 radical (unpaired) electrons. The second-order valence-corrected chi connectivity index (χ2v) is 7.92. The number of hydrogen-bond donors (Lipinski definition) is 1. The van der Waals surface area contributed by atoms with Crippen LogP contribution in [0.3, 0.4) is 0 Å². The molecule has 32 heavy (non-hydrogen) atoms. The zero-order valence-corrected chi connectivity index (χ0v) is 19.5. The SMILES string of the molecule is CCn1c(SCCOc2ccccc2OC)nnc1C(C)NC(=O)c1ccc(OC)cc1. The molecule has 170 valence electrons. The molecule has 0 bridgehead atoms. The molecule has 3 rings (SSSR count). The van der Waals surface area contributed by atoms with Gasteiger partial charge in [-0.3, -0.25) is 4.79 Å². The predicted molar refractivity (Wildman–Crippen MR) is 124 cm³/mol. The van der Waals surface area contributed by atoms with Crippen LogP contribution in [0, 0.1) is 0 Å². The van der Waals surface area contributed by atoms with Gasteiger partial charge in [0.05, 0.1) is 26.9 Å². The average Bonchev–Trinajstić information content (AvgIpc) is 3.25. The van der Waals surface area contributed by atoms with Gasteiger partial charge in [0, 0.05) is 17.9 Å². The Bertz CT molecular complexity index is 1020. The molecule has 1 heterocycles. The Morgan fingerprint density at radius 3 is 2.44 bits per heavy atom. The van der Waals surface area contributed by atoms with Crippen molar-refractivity contribution in [2.24, 2.45) is 0 Å². The highest BCUT2D eigenvalue weighted by atomic mass is 32.2. The summed E-state index contributed by atoms with van der Waals surface area (Å²) in [5.41, 5.74) is 0.559. The smallest absolute Gasteiger partial charge is 0.251 e. The fraction of sp³-hybridized carbons (Fsp3) is 0.348. The first-order valence-corrected chi connectivity index (χ1v) is 11.3. The number of carbonyl (C=O) groups is 1. The van der Waals surface area contributed by atoms with E-state index in [1.54, 1.807) is 50.2 Å². The summed E-state index contributed by atoms with van der Waals surface area (Å²) in [5.74, 6) is 3.36. The maximum atomic E-state index is 12.6. The molecule has 2 aromatic carbocycles. The molecule has 0 spiro atoms. The minimum absolute atomic E-state index is 0.176. The molecular weight excluding hydrogens is 428 g/mol. The van der Waals surface area contributed by atoms with Crippen LogP contribution in [-0.2, 0) is 6.54 Å². The van der Waals surface area contributed by atoms with E-state index in [-0.39, 0.29) is 11.9 Å². The number of ether oxygens (including phenoxy) is 3. The molecule has 0 aliphatic carbocycles. The van der Waals surface area contributed by atoms with Gasteiger partial charge in [-0.25, -0.2) is 0 Å². The van der Waals surface area contributed by atoms with Crippen LogP contribution in [0.15, 0.2) is 53.7 Å². The monoisotopic (exact) mass is 456 g/mol. The number of aromatic nitrogens is 3. The van der Waals surface area contributed by atoms with Crippen molar-refractivity contribution >= 4 is 17.7 Å². The maximum Gasteiger partial charge on any atom is 0.251 e. The van der Waals surface area contributed by atoms with Crippen LogP contribution in [0.25, 0.3) is 0 Å². The van der Waals surface area contributed by atoms with Gasteiger partial charge in [0.1, 0.15) is 5.75 Å². The third kappa shape index (κ3) is 5.73. The summed E-state index contributed by atoms with van der Waals surface area (Å²) in [6.45, 7) is 5.12. The number of hydrogen-bond acceptors (Lipinski definition) is 7. The molecule has 1 aromatic heterocycles. The molecule has 1 N–H and O–H groups in total. The Kier molecular flexibility index (Phi) is 8.38. The second-order valence-electron chi connectivity index (χ2n) is 6.86. The number of rotatable bonds is 11. The van der Waals surface area contributed by atoms with Gasteiger partial charge < -0.3 is 24.1 Å². The lowest BCUT2D eigenvalue weighted by Gasteiger charge is -2.15. The lowest BCUT2D eigenvalue weighted by atomic mass is 10.2. The molecule has 8 nitrogen and oxygen atoms in total. The first-order valence-electron chi connectivity index (χ1n) is 10.3. The molecule has 0 saturated heterocycles. The van der Waals surface area contributed by atoms with Crippen molar-refractivity contribution in [3.63, 3.8) is 0 Å². The summed E-state index contributed by atoms with van der Waals surface area (Å²) in [5, 5.41) is 12.4. The Labute approximate surface area is 192 Å². The highest BCUT2D eigenvalue weighted by Crippen LogP contribution is 2.26. The van der Waals surface area contributed by atoms with Crippen LogP contribution in [-0.4, -0.2) is 47.3 Å². The summed E-state index contributed by atoms with van der Waals surface area (Å²) >= 11 is 1.56. The van der Waals surface area contributed by atoms with Crippen LogP contribution in [0.1, 0.15) is 36.1 Å². The summed E-state index contributed by atoms with van der Waals surface area (Å²) in [6.07, 6.45) is 0. The van der Waals surface area contributed by atoms with E-state index in [4.69, 9.17) is 14.2 Å². The number of nitrogens with zero attached hydrogens (tertiary/aromatic N) is 3. The molecule has 1 amide bonds. The molecule has 9 heteroatoms. The first-order chi connectivity index (χ1) is 15.6. The number of thioether (sulfide) groups is 1. The van der Waals surface area contributed by atoms with Crippen molar-refractivity contribution in [3.05, 3.63) is 59.9 Å². The number of para-hydroxylation sites is 2. The summed E-state index contributed by atoms with van der Waals surface area (Å²) in [4.78, 5) is 12.6. The molecule has 1 unspecified atom stereocenters. The first kappa shape index (κ1) is 23.5. The summed E-state index contributed by atoms with van der Waals surface area (Å²) in [6, 6.07) is 14.2. The summed E-state index contributed by atoms with van der Waals surface area (Å²) in [7, 11) is 3.21. The van der Waals surface area contributed by atoms with Crippen molar-refractivity contribution in [2.45, 2.75) is 31.6 Å². The molecule has 0 fully saturated rings. The van der Waals surface area contributed by atoms with Crippen molar-refractivity contribution in [3.8, 4) is 17.2 Å². The van der Waals surface area contributed by atoms with Crippen molar-refractivity contribution in [2.75, 3.05) is 26.6 Å². The van der Waals surface area contributed by atoms with E-state index in [1.807, 2.05) is 42.7 Å².